The monoisotopic (exact) mass is 232 g/mol. The SMILES string of the molecule is CCNc1cc(C)ccc1C(=O)N1CCCC1. The van der Waals surface area contributed by atoms with Crippen LogP contribution in [0.5, 0.6) is 0 Å². The normalized spacial score (nSPS) is 15.1. The molecular formula is C14H20N2O. The Bertz CT molecular complexity index is 409. The molecule has 1 heterocycles. The molecule has 2 rings (SSSR count). The molecule has 1 amide bonds. The van der Waals surface area contributed by atoms with Crippen LogP contribution in [0.3, 0.4) is 0 Å². The lowest BCUT2D eigenvalue weighted by molar-refractivity contribution is 0.0794. The molecule has 1 aliphatic rings. The van der Waals surface area contributed by atoms with Crippen LogP contribution >= 0.6 is 0 Å². The molecule has 17 heavy (non-hydrogen) atoms. The Morgan fingerprint density at radius 2 is 2.06 bits per heavy atom. The molecular weight excluding hydrogens is 212 g/mol. The lowest BCUT2D eigenvalue weighted by Gasteiger charge is -2.18. The van der Waals surface area contributed by atoms with Gasteiger partial charge >= 0.3 is 0 Å². The van der Waals surface area contributed by atoms with E-state index in [1.807, 2.05) is 36.9 Å². The molecule has 1 N–H and O–H groups in total. The van der Waals surface area contributed by atoms with Crippen LogP contribution in [-0.2, 0) is 0 Å². The molecule has 1 aromatic rings. The van der Waals surface area contributed by atoms with Crippen molar-refractivity contribution >= 4 is 11.6 Å². The van der Waals surface area contributed by atoms with Crippen molar-refractivity contribution in [2.75, 3.05) is 25.0 Å². The molecule has 0 aliphatic carbocycles. The smallest absolute Gasteiger partial charge is 0.255 e. The fraction of sp³-hybridized carbons (Fsp3) is 0.500. The number of rotatable bonds is 3. The Labute approximate surface area is 103 Å². The third-order valence-corrected chi connectivity index (χ3v) is 3.17. The number of nitrogens with one attached hydrogen (secondary N) is 1. The number of nitrogens with zero attached hydrogens (tertiary/aromatic N) is 1. The number of anilines is 1. The van der Waals surface area contributed by atoms with Crippen molar-refractivity contribution in [1.29, 1.82) is 0 Å². The average molecular weight is 232 g/mol. The highest BCUT2D eigenvalue weighted by molar-refractivity contribution is 5.99. The molecule has 0 bridgehead atoms. The Kier molecular flexibility index (Phi) is 3.67. The fourth-order valence-corrected chi connectivity index (χ4v) is 2.27. The van der Waals surface area contributed by atoms with Gasteiger partial charge in [-0.2, -0.15) is 0 Å². The van der Waals surface area contributed by atoms with Gasteiger partial charge in [-0.25, -0.2) is 0 Å². The van der Waals surface area contributed by atoms with Gasteiger partial charge in [0.15, 0.2) is 0 Å². The lowest BCUT2D eigenvalue weighted by Crippen LogP contribution is -2.28. The van der Waals surface area contributed by atoms with E-state index in [1.54, 1.807) is 0 Å². The highest BCUT2D eigenvalue weighted by atomic mass is 16.2. The quantitative estimate of drug-likeness (QED) is 0.869. The van der Waals surface area contributed by atoms with Gasteiger partial charge in [-0.15, -0.1) is 0 Å². The second-order valence-electron chi connectivity index (χ2n) is 4.58. The van der Waals surface area contributed by atoms with Gasteiger partial charge in [0.2, 0.25) is 0 Å². The van der Waals surface area contributed by atoms with E-state index in [0.717, 1.165) is 43.7 Å². The number of likely N-dealkylation sites (tertiary alicyclic amines) is 1. The van der Waals surface area contributed by atoms with Crippen LogP contribution < -0.4 is 5.32 Å². The number of hydrogen-bond donors (Lipinski definition) is 1. The van der Waals surface area contributed by atoms with Crippen molar-refractivity contribution in [3.05, 3.63) is 29.3 Å². The van der Waals surface area contributed by atoms with E-state index in [0.29, 0.717) is 0 Å². The van der Waals surface area contributed by atoms with Gasteiger partial charge in [0.05, 0.1) is 5.56 Å². The zero-order chi connectivity index (χ0) is 12.3. The first kappa shape index (κ1) is 12.0. The highest BCUT2D eigenvalue weighted by Gasteiger charge is 2.21. The Morgan fingerprint density at radius 1 is 1.35 bits per heavy atom. The first-order valence-electron chi connectivity index (χ1n) is 6.36. The van der Waals surface area contributed by atoms with Crippen molar-refractivity contribution in [2.45, 2.75) is 26.7 Å². The molecule has 1 fully saturated rings. The molecule has 1 aromatic carbocycles. The van der Waals surface area contributed by atoms with Gasteiger partial charge in [0.25, 0.3) is 5.91 Å². The predicted molar refractivity (Wildman–Crippen MR) is 70.5 cm³/mol. The zero-order valence-corrected chi connectivity index (χ0v) is 10.6. The van der Waals surface area contributed by atoms with E-state index < -0.39 is 0 Å². The summed E-state index contributed by atoms with van der Waals surface area (Å²) in [7, 11) is 0. The summed E-state index contributed by atoms with van der Waals surface area (Å²) in [6, 6.07) is 5.99. The topological polar surface area (TPSA) is 32.3 Å². The summed E-state index contributed by atoms with van der Waals surface area (Å²) < 4.78 is 0. The van der Waals surface area contributed by atoms with Crippen LogP contribution in [0.1, 0.15) is 35.7 Å². The Morgan fingerprint density at radius 3 is 2.71 bits per heavy atom. The first-order chi connectivity index (χ1) is 8.22. The van der Waals surface area contributed by atoms with Crippen molar-refractivity contribution in [3.63, 3.8) is 0 Å². The van der Waals surface area contributed by atoms with E-state index >= 15 is 0 Å². The lowest BCUT2D eigenvalue weighted by atomic mass is 10.1. The minimum atomic E-state index is 0.165. The van der Waals surface area contributed by atoms with Crippen LogP contribution in [0.15, 0.2) is 18.2 Å². The second kappa shape index (κ2) is 5.21. The summed E-state index contributed by atoms with van der Waals surface area (Å²) in [6.07, 6.45) is 2.27. The number of benzene rings is 1. The van der Waals surface area contributed by atoms with Gasteiger partial charge in [-0.1, -0.05) is 6.07 Å². The fourth-order valence-electron chi connectivity index (χ4n) is 2.27. The maximum Gasteiger partial charge on any atom is 0.255 e. The molecule has 3 nitrogen and oxygen atoms in total. The summed E-state index contributed by atoms with van der Waals surface area (Å²) in [5.74, 6) is 0.165. The van der Waals surface area contributed by atoms with E-state index in [2.05, 4.69) is 5.32 Å². The second-order valence-corrected chi connectivity index (χ2v) is 4.58. The van der Waals surface area contributed by atoms with Crippen molar-refractivity contribution < 1.29 is 4.79 Å². The molecule has 1 saturated heterocycles. The van der Waals surface area contributed by atoms with Crippen LogP contribution in [-0.4, -0.2) is 30.4 Å². The molecule has 1 aliphatic heterocycles. The highest BCUT2D eigenvalue weighted by Crippen LogP contribution is 2.21. The largest absolute Gasteiger partial charge is 0.385 e. The van der Waals surface area contributed by atoms with Crippen molar-refractivity contribution in [3.8, 4) is 0 Å². The number of hydrogen-bond acceptors (Lipinski definition) is 2. The maximum atomic E-state index is 12.3. The van der Waals surface area contributed by atoms with E-state index in [1.165, 1.54) is 5.56 Å². The van der Waals surface area contributed by atoms with Crippen LogP contribution in [0.4, 0.5) is 5.69 Å². The van der Waals surface area contributed by atoms with Gasteiger partial charge in [-0.3, -0.25) is 4.79 Å². The number of aryl methyl sites for hydroxylation is 1. The minimum absolute atomic E-state index is 0.165. The zero-order valence-electron chi connectivity index (χ0n) is 10.6. The molecule has 0 saturated carbocycles. The van der Waals surface area contributed by atoms with Gasteiger partial charge < -0.3 is 10.2 Å². The molecule has 3 heteroatoms. The molecule has 0 spiro atoms. The maximum absolute atomic E-state index is 12.3. The summed E-state index contributed by atoms with van der Waals surface area (Å²) in [5.41, 5.74) is 2.95. The van der Waals surface area contributed by atoms with Crippen LogP contribution in [0, 0.1) is 6.92 Å². The van der Waals surface area contributed by atoms with Gasteiger partial charge in [0, 0.05) is 25.3 Å². The molecule has 92 valence electrons. The molecule has 0 unspecified atom stereocenters. The number of carbonyl (C=O) groups excluding carboxylic acids is 1. The van der Waals surface area contributed by atoms with Crippen molar-refractivity contribution in [2.24, 2.45) is 0 Å². The van der Waals surface area contributed by atoms with E-state index in [-0.39, 0.29) is 5.91 Å². The van der Waals surface area contributed by atoms with E-state index in [4.69, 9.17) is 0 Å². The third-order valence-electron chi connectivity index (χ3n) is 3.17. The minimum Gasteiger partial charge on any atom is -0.385 e. The summed E-state index contributed by atoms with van der Waals surface area (Å²) in [4.78, 5) is 14.3. The summed E-state index contributed by atoms with van der Waals surface area (Å²) in [5, 5.41) is 3.27. The molecule has 0 atom stereocenters. The Balaban J connectivity index is 2.26. The van der Waals surface area contributed by atoms with Crippen molar-refractivity contribution in [1.82, 2.24) is 4.90 Å². The van der Waals surface area contributed by atoms with Gasteiger partial charge in [-0.05, 0) is 44.4 Å². The number of carbonyl (C=O) groups is 1. The molecule has 0 aromatic heterocycles. The predicted octanol–water partition coefficient (Wildman–Crippen LogP) is 2.66. The van der Waals surface area contributed by atoms with E-state index in [9.17, 15) is 4.79 Å². The third kappa shape index (κ3) is 2.60. The van der Waals surface area contributed by atoms with Crippen LogP contribution in [0.2, 0.25) is 0 Å². The Hall–Kier alpha value is -1.51. The summed E-state index contributed by atoms with van der Waals surface area (Å²) >= 11 is 0. The van der Waals surface area contributed by atoms with Crippen LogP contribution in [0.25, 0.3) is 0 Å². The standard InChI is InChI=1S/C14H20N2O/c1-3-15-13-10-11(2)6-7-12(13)14(17)16-8-4-5-9-16/h6-7,10,15H,3-5,8-9H2,1-2H3. The number of amides is 1. The summed E-state index contributed by atoms with van der Waals surface area (Å²) in [6.45, 7) is 6.73. The molecule has 0 radical (unpaired) electrons. The average Bonchev–Trinajstić information content (AvgIpc) is 2.82. The first-order valence-corrected chi connectivity index (χ1v) is 6.36. The van der Waals surface area contributed by atoms with Gasteiger partial charge in [0.1, 0.15) is 0 Å².